The quantitative estimate of drug-likeness (QED) is 0.747. The van der Waals surface area contributed by atoms with E-state index in [1.807, 2.05) is 48.5 Å². The number of benzene rings is 2. The van der Waals surface area contributed by atoms with Gasteiger partial charge in [0.1, 0.15) is 5.75 Å². The van der Waals surface area contributed by atoms with E-state index >= 15 is 0 Å². The fourth-order valence-electron chi connectivity index (χ4n) is 2.49. The predicted molar refractivity (Wildman–Crippen MR) is 91.9 cm³/mol. The molecule has 5 heteroatoms. The van der Waals surface area contributed by atoms with E-state index in [1.54, 1.807) is 13.3 Å². The van der Waals surface area contributed by atoms with Crippen molar-refractivity contribution in [2.24, 2.45) is 0 Å². The lowest BCUT2D eigenvalue weighted by molar-refractivity contribution is -0.116. The van der Waals surface area contributed by atoms with Crippen LogP contribution in [0.1, 0.15) is 12.0 Å². The summed E-state index contributed by atoms with van der Waals surface area (Å²) in [5.41, 5.74) is 2.62. The number of anilines is 1. The van der Waals surface area contributed by atoms with Gasteiger partial charge >= 0.3 is 0 Å². The smallest absolute Gasteiger partial charge is 0.224 e. The molecule has 3 aromatic rings. The van der Waals surface area contributed by atoms with Gasteiger partial charge in [-0.05, 0) is 30.2 Å². The summed E-state index contributed by atoms with van der Waals surface area (Å²) in [4.78, 5) is 16.1. The molecular formula is C19H18N2O3. The van der Waals surface area contributed by atoms with Gasteiger partial charge in [-0.25, -0.2) is 4.98 Å². The van der Waals surface area contributed by atoms with Gasteiger partial charge in [-0.3, -0.25) is 4.79 Å². The Labute approximate surface area is 140 Å². The molecule has 1 amide bonds. The van der Waals surface area contributed by atoms with Gasteiger partial charge in [0.15, 0.2) is 12.2 Å². The van der Waals surface area contributed by atoms with Crippen molar-refractivity contribution < 1.29 is 13.9 Å². The van der Waals surface area contributed by atoms with Gasteiger partial charge in [0.25, 0.3) is 0 Å². The van der Waals surface area contributed by atoms with E-state index in [2.05, 4.69) is 10.3 Å². The third kappa shape index (κ3) is 3.81. The number of hydrogen-bond acceptors (Lipinski definition) is 4. The standard InChI is InChI=1S/C19H18N2O3/c1-23-17-8-3-2-5-14(17)9-10-19(22)21-16-7-4-6-15(11-16)18-12-20-13-24-18/h2-8,11-13H,9-10H2,1H3,(H,21,22). The molecule has 122 valence electrons. The lowest BCUT2D eigenvalue weighted by Gasteiger charge is -2.09. The molecule has 0 spiro atoms. The summed E-state index contributed by atoms with van der Waals surface area (Å²) in [6, 6.07) is 15.2. The summed E-state index contributed by atoms with van der Waals surface area (Å²) in [7, 11) is 1.63. The number of nitrogens with zero attached hydrogens (tertiary/aromatic N) is 1. The van der Waals surface area contributed by atoms with E-state index in [9.17, 15) is 4.79 Å². The molecule has 0 saturated heterocycles. The van der Waals surface area contributed by atoms with Crippen LogP contribution >= 0.6 is 0 Å². The number of ether oxygens (including phenoxy) is 1. The summed E-state index contributed by atoms with van der Waals surface area (Å²) in [5.74, 6) is 1.42. The van der Waals surface area contributed by atoms with Gasteiger partial charge in [0.2, 0.25) is 5.91 Å². The Bertz CT molecular complexity index is 813. The average molecular weight is 322 g/mol. The Hall–Kier alpha value is -3.08. The average Bonchev–Trinajstić information content (AvgIpc) is 3.15. The van der Waals surface area contributed by atoms with Crippen LogP contribution < -0.4 is 10.1 Å². The Kier molecular flexibility index (Phi) is 4.91. The van der Waals surface area contributed by atoms with Gasteiger partial charge in [-0.15, -0.1) is 0 Å². The number of carbonyl (C=O) groups excluding carboxylic acids is 1. The molecule has 0 unspecified atom stereocenters. The predicted octanol–water partition coefficient (Wildman–Crippen LogP) is 3.92. The van der Waals surface area contributed by atoms with E-state index in [0.717, 1.165) is 22.6 Å². The minimum absolute atomic E-state index is 0.0457. The van der Waals surface area contributed by atoms with Crippen LogP contribution in [0.25, 0.3) is 11.3 Å². The highest BCUT2D eigenvalue weighted by atomic mass is 16.5. The second-order valence-electron chi connectivity index (χ2n) is 5.31. The van der Waals surface area contributed by atoms with E-state index in [1.165, 1.54) is 6.39 Å². The number of aryl methyl sites for hydroxylation is 1. The molecule has 2 aromatic carbocycles. The molecular weight excluding hydrogens is 304 g/mol. The first-order chi connectivity index (χ1) is 11.8. The maximum Gasteiger partial charge on any atom is 0.224 e. The van der Waals surface area contributed by atoms with Crippen LogP contribution in [-0.4, -0.2) is 18.0 Å². The van der Waals surface area contributed by atoms with Crippen LogP contribution in [-0.2, 0) is 11.2 Å². The van der Waals surface area contributed by atoms with Gasteiger partial charge in [-0.1, -0.05) is 30.3 Å². The minimum atomic E-state index is -0.0457. The Morgan fingerprint density at radius 1 is 1.21 bits per heavy atom. The van der Waals surface area contributed by atoms with Crippen molar-refractivity contribution in [3.05, 3.63) is 66.7 Å². The maximum atomic E-state index is 12.2. The minimum Gasteiger partial charge on any atom is -0.496 e. The molecule has 5 nitrogen and oxygen atoms in total. The highest BCUT2D eigenvalue weighted by Crippen LogP contribution is 2.23. The molecule has 0 radical (unpaired) electrons. The van der Waals surface area contributed by atoms with Gasteiger partial charge in [-0.2, -0.15) is 0 Å². The fourth-order valence-corrected chi connectivity index (χ4v) is 2.49. The number of para-hydroxylation sites is 1. The van der Waals surface area contributed by atoms with Crippen LogP contribution in [0.5, 0.6) is 5.75 Å². The van der Waals surface area contributed by atoms with E-state index in [-0.39, 0.29) is 5.91 Å². The van der Waals surface area contributed by atoms with Crippen LogP contribution in [0.4, 0.5) is 5.69 Å². The van der Waals surface area contributed by atoms with Crippen LogP contribution in [0, 0.1) is 0 Å². The van der Waals surface area contributed by atoms with Crippen molar-refractivity contribution in [2.45, 2.75) is 12.8 Å². The molecule has 0 fully saturated rings. The van der Waals surface area contributed by atoms with Gasteiger partial charge in [0, 0.05) is 17.7 Å². The molecule has 0 saturated carbocycles. The first-order valence-electron chi connectivity index (χ1n) is 7.67. The van der Waals surface area contributed by atoms with Crippen molar-refractivity contribution in [1.82, 2.24) is 4.98 Å². The Morgan fingerprint density at radius 3 is 2.88 bits per heavy atom. The third-order valence-electron chi connectivity index (χ3n) is 3.68. The molecule has 1 N–H and O–H groups in total. The number of amides is 1. The summed E-state index contributed by atoms with van der Waals surface area (Å²) in [5, 5.41) is 2.91. The van der Waals surface area contributed by atoms with E-state index < -0.39 is 0 Å². The van der Waals surface area contributed by atoms with Crippen LogP contribution in [0.3, 0.4) is 0 Å². The zero-order chi connectivity index (χ0) is 16.8. The summed E-state index contributed by atoms with van der Waals surface area (Å²) >= 11 is 0. The molecule has 0 aliphatic carbocycles. The van der Waals surface area contributed by atoms with Crippen molar-refractivity contribution in [3.63, 3.8) is 0 Å². The first kappa shape index (κ1) is 15.8. The zero-order valence-corrected chi connectivity index (χ0v) is 13.4. The Balaban J connectivity index is 1.62. The molecule has 0 atom stereocenters. The highest BCUT2D eigenvalue weighted by molar-refractivity contribution is 5.91. The second-order valence-corrected chi connectivity index (χ2v) is 5.31. The molecule has 1 heterocycles. The number of oxazole rings is 1. The van der Waals surface area contributed by atoms with Crippen LogP contribution in [0.2, 0.25) is 0 Å². The molecule has 24 heavy (non-hydrogen) atoms. The number of hydrogen-bond donors (Lipinski definition) is 1. The monoisotopic (exact) mass is 322 g/mol. The number of aromatic nitrogens is 1. The molecule has 1 aromatic heterocycles. The summed E-state index contributed by atoms with van der Waals surface area (Å²) in [6.45, 7) is 0. The third-order valence-corrected chi connectivity index (χ3v) is 3.68. The van der Waals surface area contributed by atoms with Crippen molar-refractivity contribution in [1.29, 1.82) is 0 Å². The zero-order valence-electron chi connectivity index (χ0n) is 13.4. The highest BCUT2D eigenvalue weighted by Gasteiger charge is 2.08. The van der Waals surface area contributed by atoms with Crippen LogP contribution in [0.15, 0.2) is 65.5 Å². The lowest BCUT2D eigenvalue weighted by Crippen LogP contribution is -2.12. The first-order valence-corrected chi connectivity index (χ1v) is 7.67. The number of methoxy groups -OCH3 is 1. The van der Waals surface area contributed by atoms with Gasteiger partial charge < -0.3 is 14.5 Å². The molecule has 0 aliphatic rings. The lowest BCUT2D eigenvalue weighted by atomic mass is 10.1. The molecule has 3 rings (SSSR count). The number of rotatable bonds is 6. The van der Waals surface area contributed by atoms with Crippen molar-refractivity contribution >= 4 is 11.6 Å². The number of nitrogens with one attached hydrogen (secondary N) is 1. The molecule has 0 aliphatic heterocycles. The maximum absolute atomic E-state index is 12.2. The van der Waals surface area contributed by atoms with Gasteiger partial charge in [0.05, 0.1) is 13.3 Å². The summed E-state index contributed by atoms with van der Waals surface area (Å²) in [6.07, 6.45) is 4.03. The fraction of sp³-hybridized carbons (Fsp3) is 0.158. The topological polar surface area (TPSA) is 64.4 Å². The largest absolute Gasteiger partial charge is 0.496 e. The Morgan fingerprint density at radius 2 is 2.08 bits per heavy atom. The number of carbonyl (C=O) groups is 1. The van der Waals surface area contributed by atoms with E-state index in [4.69, 9.17) is 9.15 Å². The van der Waals surface area contributed by atoms with Crippen molar-refractivity contribution in [3.8, 4) is 17.1 Å². The van der Waals surface area contributed by atoms with E-state index in [0.29, 0.717) is 18.6 Å². The SMILES string of the molecule is COc1ccccc1CCC(=O)Nc1cccc(-c2cnco2)c1. The molecule has 0 bridgehead atoms. The second kappa shape index (κ2) is 7.46. The summed E-state index contributed by atoms with van der Waals surface area (Å²) < 4.78 is 10.6. The normalized spacial score (nSPS) is 10.4. The van der Waals surface area contributed by atoms with Crippen molar-refractivity contribution in [2.75, 3.05) is 12.4 Å².